The van der Waals surface area contributed by atoms with Gasteiger partial charge in [0.2, 0.25) is 0 Å². The molecule has 2 fully saturated rings. The first-order valence-corrected chi connectivity index (χ1v) is 10.1. The number of aryl methyl sites for hydroxylation is 2. The Balaban J connectivity index is 1.65. The first-order chi connectivity index (χ1) is 13.1. The molecule has 0 amide bonds. The Morgan fingerprint density at radius 1 is 1.30 bits per heavy atom. The van der Waals surface area contributed by atoms with Crippen LogP contribution in [0, 0.1) is 0 Å². The number of rotatable bonds is 7. The van der Waals surface area contributed by atoms with Crippen LogP contribution < -0.4 is 5.32 Å². The van der Waals surface area contributed by atoms with E-state index in [1.165, 1.54) is 24.0 Å². The molecule has 1 saturated carbocycles. The van der Waals surface area contributed by atoms with E-state index in [0.717, 1.165) is 17.8 Å². The summed E-state index contributed by atoms with van der Waals surface area (Å²) < 4.78 is 6.92. The van der Waals surface area contributed by atoms with Gasteiger partial charge in [0, 0.05) is 36.9 Å². The van der Waals surface area contributed by atoms with Crippen LogP contribution in [0.4, 0.5) is 0 Å². The lowest BCUT2D eigenvalue weighted by Gasteiger charge is -2.19. The third kappa shape index (κ3) is 3.50. The number of hydrogen-bond acceptors (Lipinski definition) is 5. The van der Waals surface area contributed by atoms with Gasteiger partial charge in [-0.2, -0.15) is 5.10 Å². The first-order valence-electron chi connectivity index (χ1n) is 10.1. The lowest BCUT2D eigenvalue weighted by molar-refractivity contribution is 0.0512. The van der Waals surface area contributed by atoms with E-state index >= 15 is 0 Å². The molecule has 2 aromatic rings. The smallest absolute Gasteiger partial charge is 0.356 e. The lowest BCUT2D eigenvalue weighted by atomic mass is 9.89. The summed E-state index contributed by atoms with van der Waals surface area (Å²) in [6, 6.07) is 5.48. The fourth-order valence-electron chi connectivity index (χ4n) is 4.44. The molecule has 144 valence electrons. The summed E-state index contributed by atoms with van der Waals surface area (Å²) in [5, 5.41) is 8.20. The van der Waals surface area contributed by atoms with Crippen molar-refractivity contribution in [2.45, 2.75) is 71.0 Å². The Labute approximate surface area is 160 Å². The van der Waals surface area contributed by atoms with E-state index in [1.807, 2.05) is 26.1 Å². The van der Waals surface area contributed by atoms with Crippen LogP contribution in [0.1, 0.15) is 72.5 Å². The van der Waals surface area contributed by atoms with Crippen molar-refractivity contribution in [2.75, 3.05) is 6.61 Å². The Kier molecular flexibility index (Phi) is 5.00. The second-order valence-corrected chi connectivity index (χ2v) is 7.46. The summed E-state index contributed by atoms with van der Waals surface area (Å²) in [7, 11) is 0. The number of carbonyl (C=O) groups is 1. The topological polar surface area (TPSA) is 79.0 Å². The molecule has 2 aromatic heterocycles. The molecule has 1 saturated heterocycles. The molecular weight excluding hydrogens is 340 g/mol. The van der Waals surface area contributed by atoms with Crippen LogP contribution in [0.2, 0.25) is 0 Å². The molecule has 4 rings (SSSR count). The summed E-state index contributed by atoms with van der Waals surface area (Å²) in [5.74, 6) is 0.296. The van der Waals surface area contributed by atoms with E-state index in [4.69, 9.17) is 4.74 Å². The number of carbonyl (C=O) groups excluding carboxylic acids is 1. The van der Waals surface area contributed by atoms with Crippen molar-refractivity contribution in [2.24, 2.45) is 0 Å². The molecule has 0 bridgehead atoms. The van der Waals surface area contributed by atoms with Gasteiger partial charge in [-0.05, 0) is 62.3 Å². The second kappa shape index (κ2) is 7.43. The highest BCUT2D eigenvalue weighted by molar-refractivity contribution is 5.87. The zero-order chi connectivity index (χ0) is 19.0. The van der Waals surface area contributed by atoms with Crippen LogP contribution in [0.3, 0.4) is 0 Å². The van der Waals surface area contributed by atoms with Crippen molar-refractivity contribution in [3.63, 3.8) is 0 Å². The highest BCUT2D eigenvalue weighted by Gasteiger charge is 2.46. The van der Waals surface area contributed by atoms with Crippen LogP contribution in [0.15, 0.2) is 18.3 Å². The van der Waals surface area contributed by atoms with E-state index in [-0.39, 0.29) is 5.97 Å². The average Bonchev–Trinajstić information content (AvgIpc) is 3.10. The van der Waals surface area contributed by atoms with Crippen molar-refractivity contribution < 1.29 is 9.53 Å². The number of esters is 1. The number of ether oxygens (including phenoxy) is 1. The number of fused-ring (bicyclic) bond motifs is 1. The minimum atomic E-state index is -0.304. The van der Waals surface area contributed by atoms with Crippen molar-refractivity contribution in [3.8, 4) is 0 Å². The Bertz CT molecular complexity index is 835. The summed E-state index contributed by atoms with van der Waals surface area (Å²) in [4.78, 5) is 16.9. The quantitative estimate of drug-likeness (QED) is 0.600. The summed E-state index contributed by atoms with van der Waals surface area (Å²) in [5.41, 5.74) is 5.29. The molecule has 0 spiro atoms. The molecule has 0 radical (unpaired) electrons. The van der Waals surface area contributed by atoms with Crippen molar-refractivity contribution in [1.82, 2.24) is 20.1 Å². The molecule has 6 heteroatoms. The summed E-state index contributed by atoms with van der Waals surface area (Å²) >= 11 is 0. The van der Waals surface area contributed by atoms with Crippen LogP contribution in [0.25, 0.3) is 0 Å². The third-order valence-corrected chi connectivity index (χ3v) is 5.81. The number of nitrogens with one attached hydrogen (secondary N) is 1. The predicted molar refractivity (Wildman–Crippen MR) is 103 cm³/mol. The van der Waals surface area contributed by atoms with E-state index in [1.54, 1.807) is 4.68 Å². The van der Waals surface area contributed by atoms with Crippen LogP contribution in [-0.4, -0.2) is 39.4 Å². The van der Waals surface area contributed by atoms with Crippen molar-refractivity contribution in [3.05, 3.63) is 46.5 Å². The lowest BCUT2D eigenvalue weighted by Crippen LogP contribution is -2.12. The fourth-order valence-corrected chi connectivity index (χ4v) is 4.44. The van der Waals surface area contributed by atoms with Gasteiger partial charge in [-0.3, -0.25) is 9.67 Å². The molecule has 0 aromatic carbocycles. The van der Waals surface area contributed by atoms with Gasteiger partial charge >= 0.3 is 5.97 Å². The monoisotopic (exact) mass is 368 g/mol. The number of nitrogens with zero attached hydrogens (tertiary/aromatic N) is 3. The van der Waals surface area contributed by atoms with E-state index in [9.17, 15) is 4.79 Å². The standard InChI is InChI=1S/C21H28N4O2/c1-4-17-16(15(7-8-22-17)13-9-18-19(10-13)23-18)11-14-12-20(21(26)27-6-3)25(5-2)24-14/h7-8,12-13,18-19,23H,4-6,9-11H2,1-3H3. The van der Waals surface area contributed by atoms with Gasteiger partial charge in [-0.15, -0.1) is 0 Å². The fraction of sp³-hybridized carbons (Fsp3) is 0.571. The normalized spacial score (nSPS) is 23.3. The second-order valence-electron chi connectivity index (χ2n) is 7.46. The molecule has 6 nitrogen and oxygen atoms in total. The zero-order valence-electron chi connectivity index (χ0n) is 16.4. The maximum Gasteiger partial charge on any atom is 0.356 e. The van der Waals surface area contributed by atoms with E-state index in [0.29, 0.717) is 43.3 Å². The van der Waals surface area contributed by atoms with Crippen LogP contribution in [-0.2, 0) is 24.1 Å². The minimum absolute atomic E-state index is 0.304. The minimum Gasteiger partial charge on any atom is -0.461 e. The van der Waals surface area contributed by atoms with E-state index in [2.05, 4.69) is 28.4 Å². The number of piperidine rings is 1. The first kappa shape index (κ1) is 18.2. The number of hydrogen-bond donors (Lipinski definition) is 1. The molecule has 1 N–H and O–H groups in total. The Hall–Kier alpha value is -2.21. The van der Waals surface area contributed by atoms with Crippen LogP contribution in [0.5, 0.6) is 0 Å². The van der Waals surface area contributed by atoms with Crippen molar-refractivity contribution >= 4 is 5.97 Å². The zero-order valence-corrected chi connectivity index (χ0v) is 16.4. The highest BCUT2D eigenvalue weighted by atomic mass is 16.5. The summed E-state index contributed by atoms with van der Waals surface area (Å²) in [6.07, 6.45) is 5.99. The van der Waals surface area contributed by atoms with Crippen LogP contribution >= 0.6 is 0 Å². The van der Waals surface area contributed by atoms with Gasteiger partial charge in [-0.1, -0.05) is 6.92 Å². The van der Waals surface area contributed by atoms with Gasteiger partial charge in [0.25, 0.3) is 0 Å². The highest BCUT2D eigenvalue weighted by Crippen LogP contribution is 2.43. The molecular formula is C21H28N4O2. The maximum absolute atomic E-state index is 12.2. The maximum atomic E-state index is 12.2. The Morgan fingerprint density at radius 2 is 2.07 bits per heavy atom. The average molecular weight is 368 g/mol. The van der Waals surface area contributed by atoms with Gasteiger partial charge in [0.15, 0.2) is 0 Å². The molecule has 1 aliphatic carbocycles. The SMILES string of the molecule is CCOC(=O)c1cc(Cc2c(C3CC4NC4C3)ccnc2CC)nn1CC. The largest absolute Gasteiger partial charge is 0.461 e. The van der Waals surface area contributed by atoms with Gasteiger partial charge in [-0.25, -0.2) is 4.79 Å². The molecule has 27 heavy (non-hydrogen) atoms. The third-order valence-electron chi connectivity index (χ3n) is 5.81. The summed E-state index contributed by atoms with van der Waals surface area (Å²) in [6.45, 7) is 6.98. The predicted octanol–water partition coefficient (Wildman–Crippen LogP) is 2.85. The molecule has 2 atom stereocenters. The molecule has 3 heterocycles. The molecule has 1 aliphatic heterocycles. The Morgan fingerprint density at radius 3 is 2.74 bits per heavy atom. The van der Waals surface area contributed by atoms with Gasteiger partial charge < -0.3 is 10.1 Å². The van der Waals surface area contributed by atoms with Crippen molar-refractivity contribution in [1.29, 1.82) is 0 Å². The molecule has 2 unspecified atom stereocenters. The van der Waals surface area contributed by atoms with E-state index < -0.39 is 0 Å². The van der Waals surface area contributed by atoms with Gasteiger partial charge in [0.1, 0.15) is 5.69 Å². The van der Waals surface area contributed by atoms with Gasteiger partial charge in [0.05, 0.1) is 12.3 Å². The molecule has 2 aliphatic rings. The number of aromatic nitrogens is 3. The number of pyridine rings is 1.